The third-order valence-electron chi connectivity index (χ3n) is 2.56. The van der Waals surface area contributed by atoms with E-state index in [0.29, 0.717) is 0 Å². The Morgan fingerprint density at radius 2 is 2.08 bits per heavy atom. The van der Waals surface area contributed by atoms with Gasteiger partial charge < -0.3 is 0 Å². The van der Waals surface area contributed by atoms with Gasteiger partial charge in [-0.1, -0.05) is 10.9 Å². The predicted octanol–water partition coefficient (Wildman–Crippen LogP) is 1.83. The predicted molar refractivity (Wildman–Crippen MR) is 53.8 cm³/mol. The highest BCUT2D eigenvalue weighted by atomic mass is 32.1. The molecule has 2 heterocycles. The Balaban J connectivity index is 1.93. The van der Waals surface area contributed by atoms with Gasteiger partial charge in [-0.25, -0.2) is 0 Å². The summed E-state index contributed by atoms with van der Waals surface area (Å²) in [4.78, 5) is 3.84. The number of nitrogens with zero attached hydrogens (tertiary/aromatic N) is 3. The molecule has 0 spiro atoms. The van der Waals surface area contributed by atoms with Gasteiger partial charge in [0.2, 0.25) is 0 Å². The van der Waals surface area contributed by atoms with Crippen LogP contribution in [0.4, 0.5) is 0 Å². The zero-order chi connectivity index (χ0) is 9.10. The van der Waals surface area contributed by atoms with Crippen LogP contribution in [0.15, 0.2) is 0 Å². The second kappa shape index (κ2) is 4.15. The van der Waals surface area contributed by atoms with Crippen molar-refractivity contribution >= 4 is 11.5 Å². The van der Waals surface area contributed by atoms with Gasteiger partial charge in [0.1, 0.15) is 0 Å². The van der Waals surface area contributed by atoms with Gasteiger partial charge in [-0.3, -0.25) is 4.90 Å². The van der Waals surface area contributed by atoms with E-state index in [4.69, 9.17) is 0 Å². The molecule has 0 radical (unpaired) electrons. The number of aryl methyl sites for hydroxylation is 1. The van der Waals surface area contributed by atoms with Crippen molar-refractivity contribution in [3.63, 3.8) is 0 Å². The Bertz CT molecular complexity index is 266. The molecule has 4 heteroatoms. The van der Waals surface area contributed by atoms with Crippen LogP contribution in [0.25, 0.3) is 0 Å². The van der Waals surface area contributed by atoms with Crippen LogP contribution in [0, 0.1) is 6.92 Å². The van der Waals surface area contributed by atoms with E-state index in [1.807, 2.05) is 6.92 Å². The first kappa shape index (κ1) is 9.09. The topological polar surface area (TPSA) is 29.0 Å². The summed E-state index contributed by atoms with van der Waals surface area (Å²) in [6, 6.07) is 0. The monoisotopic (exact) mass is 197 g/mol. The minimum absolute atomic E-state index is 1.06. The van der Waals surface area contributed by atoms with Crippen molar-refractivity contribution < 1.29 is 0 Å². The van der Waals surface area contributed by atoms with Crippen molar-refractivity contribution in [3.8, 4) is 0 Å². The summed E-state index contributed by atoms with van der Waals surface area (Å²) in [5, 5.41) is 4.02. The van der Waals surface area contributed by atoms with E-state index in [-0.39, 0.29) is 0 Å². The van der Waals surface area contributed by atoms with E-state index in [1.165, 1.54) is 37.2 Å². The molecule has 13 heavy (non-hydrogen) atoms. The van der Waals surface area contributed by atoms with Crippen molar-refractivity contribution in [1.29, 1.82) is 0 Å². The average Bonchev–Trinajstić information content (AvgIpc) is 2.54. The van der Waals surface area contributed by atoms with Gasteiger partial charge in [-0.15, -0.1) is 5.10 Å². The number of piperidine rings is 1. The summed E-state index contributed by atoms with van der Waals surface area (Å²) < 4.78 is 3.95. The van der Waals surface area contributed by atoms with E-state index in [0.717, 1.165) is 12.2 Å². The van der Waals surface area contributed by atoms with Crippen LogP contribution in [0.1, 0.15) is 29.8 Å². The standard InChI is InChI=1S/C9H15N3S/c1-8-9(13-11-10-8)7-12-5-3-2-4-6-12/h2-7H2,1H3. The summed E-state index contributed by atoms with van der Waals surface area (Å²) in [6.45, 7) is 5.60. The SMILES string of the molecule is Cc1nnsc1CN1CCCCC1. The lowest BCUT2D eigenvalue weighted by Crippen LogP contribution is -2.28. The van der Waals surface area contributed by atoms with E-state index < -0.39 is 0 Å². The van der Waals surface area contributed by atoms with Crippen LogP contribution >= 0.6 is 11.5 Å². The summed E-state index contributed by atoms with van der Waals surface area (Å²) in [7, 11) is 0. The lowest BCUT2D eigenvalue weighted by Gasteiger charge is -2.25. The zero-order valence-electron chi connectivity index (χ0n) is 7.99. The highest BCUT2D eigenvalue weighted by Crippen LogP contribution is 2.16. The molecular formula is C9H15N3S. The van der Waals surface area contributed by atoms with Crippen molar-refractivity contribution in [3.05, 3.63) is 10.6 Å². The van der Waals surface area contributed by atoms with Crippen molar-refractivity contribution in [2.24, 2.45) is 0 Å². The molecule has 0 atom stereocenters. The maximum Gasteiger partial charge on any atom is 0.0769 e. The van der Waals surface area contributed by atoms with Crippen LogP contribution in [0.2, 0.25) is 0 Å². The third kappa shape index (κ3) is 2.25. The largest absolute Gasteiger partial charge is 0.298 e. The zero-order valence-corrected chi connectivity index (χ0v) is 8.81. The lowest BCUT2D eigenvalue weighted by molar-refractivity contribution is 0.222. The van der Waals surface area contributed by atoms with Gasteiger partial charge >= 0.3 is 0 Å². The van der Waals surface area contributed by atoms with Gasteiger partial charge in [0.25, 0.3) is 0 Å². The molecule has 0 amide bonds. The number of hydrogen-bond donors (Lipinski definition) is 0. The Morgan fingerprint density at radius 3 is 2.69 bits per heavy atom. The van der Waals surface area contributed by atoms with E-state index in [2.05, 4.69) is 14.5 Å². The summed E-state index contributed by atoms with van der Waals surface area (Å²) >= 11 is 1.54. The molecule has 0 saturated carbocycles. The maximum absolute atomic E-state index is 4.02. The summed E-state index contributed by atoms with van der Waals surface area (Å²) in [6.07, 6.45) is 4.10. The molecule has 1 fully saturated rings. The Labute approximate surface area is 82.9 Å². The Hall–Kier alpha value is -0.480. The average molecular weight is 197 g/mol. The van der Waals surface area contributed by atoms with Crippen molar-refractivity contribution in [1.82, 2.24) is 14.5 Å². The van der Waals surface area contributed by atoms with Crippen LogP contribution in [0.3, 0.4) is 0 Å². The molecule has 1 saturated heterocycles. The molecular weight excluding hydrogens is 182 g/mol. The smallest absolute Gasteiger partial charge is 0.0769 e. The molecule has 2 rings (SSSR count). The molecule has 1 aromatic rings. The normalized spacial score (nSPS) is 19.2. The van der Waals surface area contributed by atoms with Gasteiger partial charge in [0.05, 0.1) is 10.6 Å². The second-order valence-corrected chi connectivity index (χ2v) is 4.46. The second-order valence-electron chi connectivity index (χ2n) is 3.62. The van der Waals surface area contributed by atoms with Crippen LogP contribution in [0.5, 0.6) is 0 Å². The summed E-state index contributed by atoms with van der Waals surface area (Å²) in [5.41, 5.74) is 1.11. The highest BCUT2D eigenvalue weighted by Gasteiger charge is 2.12. The lowest BCUT2D eigenvalue weighted by atomic mass is 10.1. The molecule has 72 valence electrons. The van der Waals surface area contributed by atoms with Crippen molar-refractivity contribution in [2.45, 2.75) is 32.7 Å². The van der Waals surface area contributed by atoms with E-state index >= 15 is 0 Å². The first-order valence-corrected chi connectivity index (χ1v) is 5.64. The number of rotatable bonds is 2. The molecule has 0 unspecified atom stereocenters. The number of aromatic nitrogens is 2. The first-order valence-electron chi connectivity index (χ1n) is 4.86. The molecule has 1 aliphatic heterocycles. The van der Waals surface area contributed by atoms with Gasteiger partial charge in [-0.05, 0) is 44.4 Å². The van der Waals surface area contributed by atoms with Gasteiger partial charge in [0.15, 0.2) is 0 Å². The maximum atomic E-state index is 4.02. The molecule has 0 aliphatic carbocycles. The highest BCUT2D eigenvalue weighted by molar-refractivity contribution is 7.05. The fourth-order valence-corrected chi connectivity index (χ4v) is 2.39. The van der Waals surface area contributed by atoms with Crippen LogP contribution in [-0.4, -0.2) is 27.6 Å². The third-order valence-corrected chi connectivity index (χ3v) is 3.37. The van der Waals surface area contributed by atoms with Gasteiger partial charge in [-0.2, -0.15) is 0 Å². The number of hydrogen-bond acceptors (Lipinski definition) is 4. The molecule has 1 aliphatic rings. The minimum atomic E-state index is 1.06. The molecule has 1 aromatic heterocycles. The first-order chi connectivity index (χ1) is 6.36. The van der Waals surface area contributed by atoms with Crippen LogP contribution < -0.4 is 0 Å². The van der Waals surface area contributed by atoms with Crippen LogP contribution in [-0.2, 0) is 6.54 Å². The number of likely N-dealkylation sites (tertiary alicyclic amines) is 1. The summed E-state index contributed by atoms with van der Waals surface area (Å²) in [5.74, 6) is 0. The molecule has 0 aromatic carbocycles. The minimum Gasteiger partial charge on any atom is -0.298 e. The fourth-order valence-electron chi connectivity index (χ4n) is 1.72. The van der Waals surface area contributed by atoms with Gasteiger partial charge in [0, 0.05) is 6.54 Å². The van der Waals surface area contributed by atoms with E-state index in [1.54, 1.807) is 11.5 Å². The molecule has 0 N–H and O–H groups in total. The molecule has 0 bridgehead atoms. The van der Waals surface area contributed by atoms with Crippen molar-refractivity contribution in [2.75, 3.05) is 13.1 Å². The quantitative estimate of drug-likeness (QED) is 0.724. The molecule has 3 nitrogen and oxygen atoms in total. The van der Waals surface area contributed by atoms with E-state index in [9.17, 15) is 0 Å². The fraction of sp³-hybridized carbons (Fsp3) is 0.778. The Morgan fingerprint density at radius 1 is 1.31 bits per heavy atom. The Kier molecular flexibility index (Phi) is 2.90.